The second kappa shape index (κ2) is 7.55. The average molecular weight is 394 g/mol. The second-order valence-electron chi connectivity index (χ2n) is 5.82. The number of aromatic nitrogens is 1. The number of nitrogens with one attached hydrogen (secondary N) is 1. The number of piperidine rings is 1. The minimum atomic E-state index is 0.156. The Kier molecular flexibility index (Phi) is 5.46. The molecular formula is C17H20BrN3OS. The van der Waals surface area contributed by atoms with Crippen LogP contribution in [-0.2, 0) is 11.2 Å². The standard InChI is InChI=1S/C17H20BrN3OS/c1-21(15-5-7-19-8-6-15)16(22)10-14-11-23-17(20-14)12-3-2-4-13(18)9-12/h2-4,9,11,15,19H,5-8,10H2,1H3. The minimum absolute atomic E-state index is 0.156. The molecule has 2 aromatic rings. The molecule has 1 aromatic heterocycles. The first-order chi connectivity index (χ1) is 11.1. The van der Waals surface area contributed by atoms with Crippen LogP contribution in [0, 0.1) is 0 Å². The fourth-order valence-corrected chi connectivity index (χ4v) is 4.04. The lowest BCUT2D eigenvalue weighted by molar-refractivity contribution is -0.131. The molecule has 0 spiro atoms. The molecule has 2 heterocycles. The summed E-state index contributed by atoms with van der Waals surface area (Å²) in [4.78, 5) is 19.0. The maximum Gasteiger partial charge on any atom is 0.228 e. The summed E-state index contributed by atoms with van der Waals surface area (Å²) in [5, 5.41) is 6.28. The SMILES string of the molecule is CN(C(=O)Cc1csc(-c2cccc(Br)c2)n1)C1CCNCC1. The predicted molar refractivity (Wildman–Crippen MR) is 97.6 cm³/mol. The number of carbonyl (C=O) groups excluding carboxylic acids is 1. The van der Waals surface area contributed by atoms with Crippen molar-refractivity contribution in [1.82, 2.24) is 15.2 Å². The van der Waals surface area contributed by atoms with Gasteiger partial charge >= 0.3 is 0 Å². The second-order valence-corrected chi connectivity index (χ2v) is 7.59. The van der Waals surface area contributed by atoms with Gasteiger partial charge in [-0.3, -0.25) is 4.79 Å². The van der Waals surface area contributed by atoms with Gasteiger partial charge in [0.1, 0.15) is 5.01 Å². The summed E-state index contributed by atoms with van der Waals surface area (Å²) in [6.07, 6.45) is 2.44. The third kappa shape index (κ3) is 4.19. The number of thiazole rings is 1. The maximum atomic E-state index is 12.5. The van der Waals surface area contributed by atoms with Crippen molar-refractivity contribution in [1.29, 1.82) is 0 Å². The van der Waals surface area contributed by atoms with E-state index in [-0.39, 0.29) is 5.91 Å². The zero-order valence-corrected chi connectivity index (χ0v) is 15.5. The number of likely N-dealkylation sites (N-methyl/N-ethyl adjacent to an activating group) is 1. The summed E-state index contributed by atoms with van der Waals surface area (Å²) in [5.41, 5.74) is 1.94. The molecule has 4 nitrogen and oxygen atoms in total. The molecule has 0 unspecified atom stereocenters. The van der Waals surface area contributed by atoms with Crippen LogP contribution in [-0.4, -0.2) is 42.0 Å². The Labute approximate surface area is 149 Å². The molecule has 1 aliphatic rings. The van der Waals surface area contributed by atoms with Crippen molar-refractivity contribution in [2.75, 3.05) is 20.1 Å². The predicted octanol–water partition coefficient (Wildman–Crippen LogP) is 3.33. The van der Waals surface area contributed by atoms with Crippen LogP contribution in [0.2, 0.25) is 0 Å². The van der Waals surface area contributed by atoms with Crippen LogP contribution < -0.4 is 5.32 Å². The fraction of sp³-hybridized carbons (Fsp3) is 0.412. The van der Waals surface area contributed by atoms with Crippen LogP contribution in [0.1, 0.15) is 18.5 Å². The van der Waals surface area contributed by atoms with Gasteiger partial charge in [-0.25, -0.2) is 4.98 Å². The van der Waals surface area contributed by atoms with Gasteiger partial charge in [0.15, 0.2) is 0 Å². The number of benzene rings is 1. The highest BCUT2D eigenvalue weighted by molar-refractivity contribution is 9.10. The van der Waals surface area contributed by atoms with Crippen molar-refractivity contribution in [2.24, 2.45) is 0 Å². The summed E-state index contributed by atoms with van der Waals surface area (Å²) < 4.78 is 1.04. The maximum absolute atomic E-state index is 12.5. The summed E-state index contributed by atoms with van der Waals surface area (Å²) in [6.45, 7) is 1.98. The molecule has 0 aliphatic carbocycles. The van der Waals surface area contributed by atoms with Crippen LogP contribution in [0.4, 0.5) is 0 Å². The third-order valence-corrected chi connectivity index (χ3v) is 5.64. The number of nitrogens with zero attached hydrogens (tertiary/aromatic N) is 2. The van der Waals surface area contributed by atoms with E-state index in [2.05, 4.69) is 26.2 Å². The van der Waals surface area contributed by atoms with E-state index in [4.69, 9.17) is 0 Å². The Balaban J connectivity index is 1.65. The number of amides is 1. The number of carbonyl (C=O) groups is 1. The van der Waals surface area contributed by atoms with E-state index < -0.39 is 0 Å². The van der Waals surface area contributed by atoms with Crippen LogP contribution in [0.5, 0.6) is 0 Å². The molecule has 0 radical (unpaired) electrons. The number of hydrogen-bond donors (Lipinski definition) is 1. The quantitative estimate of drug-likeness (QED) is 0.866. The Morgan fingerprint density at radius 1 is 1.43 bits per heavy atom. The summed E-state index contributed by atoms with van der Waals surface area (Å²) in [7, 11) is 1.92. The van der Waals surface area contributed by atoms with E-state index in [9.17, 15) is 4.79 Å². The van der Waals surface area contributed by atoms with E-state index in [1.54, 1.807) is 11.3 Å². The molecule has 1 amide bonds. The zero-order valence-electron chi connectivity index (χ0n) is 13.1. The topological polar surface area (TPSA) is 45.2 Å². The van der Waals surface area contributed by atoms with Crippen molar-refractivity contribution < 1.29 is 4.79 Å². The first-order valence-electron chi connectivity index (χ1n) is 7.80. The van der Waals surface area contributed by atoms with E-state index in [1.165, 1.54) is 0 Å². The lowest BCUT2D eigenvalue weighted by Crippen LogP contribution is -2.44. The highest BCUT2D eigenvalue weighted by Crippen LogP contribution is 2.26. The highest BCUT2D eigenvalue weighted by atomic mass is 79.9. The van der Waals surface area contributed by atoms with Crippen LogP contribution >= 0.6 is 27.3 Å². The largest absolute Gasteiger partial charge is 0.342 e. The Morgan fingerprint density at radius 3 is 2.96 bits per heavy atom. The summed E-state index contributed by atoms with van der Waals surface area (Å²) in [5.74, 6) is 0.156. The first kappa shape index (κ1) is 16.6. The van der Waals surface area contributed by atoms with Crippen molar-refractivity contribution in [3.63, 3.8) is 0 Å². The molecule has 6 heteroatoms. The molecule has 122 valence electrons. The molecule has 0 bridgehead atoms. The van der Waals surface area contributed by atoms with Crippen LogP contribution in [0.15, 0.2) is 34.1 Å². The van der Waals surface area contributed by atoms with E-state index >= 15 is 0 Å². The summed E-state index contributed by atoms with van der Waals surface area (Å²) >= 11 is 5.07. The third-order valence-electron chi connectivity index (χ3n) is 4.21. The first-order valence-corrected chi connectivity index (χ1v) is 9.47. The number of rotatable bonds is 4. The summed E-state index contributed by atoms with van der Waals surface area (Å²) in [6, 6.07) is 8.43. The van der Waals surface area contributed by atoms with Crippen molar-refractivity contribution >= 4 is 33.2 Å². The van der Waals surface area contributed by atoms with Gasteiger partial charge in [-0.05, 0) is 38.1 Å². The molecule has 0 saturated carbocycles. The smallest absolute Gasteiger partial charge is 0.228 e. The van der Waals surface area contributed by atoms with Crippen LogP contribution in [0.25, 0.3) is 10.6 Å². The van der Waals surface area contributed by atoms with Gasteiger partial charge in [-0.15, -0.1) is 11.3 Å². The van der Waals surface area contributed by atoms with Gasteiger partial charge in [-0.2, -0.15) is 0 Å². The Bertz CT molecular complexity index is 682. The monoisotopic (exact) mass is 393 g/mol. The van der Waals surface area contributed by atoms with Gasteiger partial charge in [0.25, 0.3) is 0 Å². The van der Waals surface area contributed by atoms with Crippen LogP contribution in [0.3, 0.4) is 0 Å². The molecule has 1 aromatic carbocycles. The Hall–Kier alpha value is -1.24. The van der Waals surface area contributed by atoms with Gasteiger partial charge in [0, 0.05) is 28.5 Å². The van der Waals surface area contributed by atoms with E-state index in [0.29, 0.717) is 12.5 Å². The molecule has 1 aliphatic heterocycles. The minimum Gasteiger partial charge on any atom is -0.342 e. The van der Waals surface area contributed by atoms with Gasteiger partial charge in [0.05, 0.1) is 12.1 Å². The normalized spacial score (nSPS) is 15.6. The lowest BCUT2D eigenvalue weighted by Gasteiger charge is -2.31. The molecule has 3 rings (SSSR count). The molecule has 1 N–H and O–H groups in total. The Morgan fingerprint density at radius 2 is 2.22 bits per heavy atom. The molecule has 23 heavy (non-hydrogen) atoms. The average Bonchev–Trinajstić information content (AvgIpc) is 3.03. The van der Waals surface area contributed by atoms with Gasteiger partial charge in [0.2, 0.25) is 5.91 Å². The highest BCUT2D eigenvalue weighted by Gasteiger charge is 2.22. The lowest BCUT2D eigenvalue weighted by atomic mass is 10.0. The molecular weight excluding hydrogens is 374 g/mol. The molecule has 1 saturated heterocycles. The van der Waals surface area contributed by atoms with Crippen molar-refractivity contribution in [3.8, 4) is 10.6 Å². The molecule has 1 fully saturated rings. The number of hydrogen-bond acceptors (Lipinski definition) is 4. The fourth-order valence-electron chi connectivity index (χ4n) is 2.82. The molecule has 0 atom stereocenters. The van der Waals surface area contributed by atoms with Gasteiger partial charge < -0.3 is 10.2 Å². The van der Waals surface area contributed by atoms with Crippen molar-refractivity contribution in [2.45, 2.75) is 25.3 Å². The van der Waals surface area contributed by atoms with Crippen molar-refractivity contribution in [3.05, 3.63) is 39.8 Å². The zero-order chi connectivity index (χ0) is 16.2. The van der Waals surface area contributed by atoms with Gasteiger partial charge in [-0.1, -0.05) is 28.1 Å². The number of halogens is 1. The van der Waals surface area contributed by atoms with E-state index in [0.717, 1.165) is 46.7 Å². The van der Waals surface area contributed by atoms with E-state index in [1.807, 2.05) is 41.6 Å².